The lowest BCUT2D eigenvalue weighted by atomic mass is 9.97. The number of methoxy groups -OCH3 is 1. The number of ether oxygens (including phenoxy) is 1. The van der Waals surface area contributed by atoms with Crippen LogP contribution in [-0.4, -0.2) is 13.3 Å². The summed E-state index contributed by atoms with van der Waals surface area (Å²) in [6.07, 6.45) is -4.58. The van der Waals surface area contributed by atoms with Gasteiger partial charge in [0.05, 0.1) is 7.11 Å². The van der Waals surface area contributed by atoms with Crippen molar-refractivity contribution in [1.82, 2.24) is 0 Å². The maximum atomic E-state index is 12.8. The van der Waals surface area contributed by atoms with Gasteiger partial charge >= 0.3 is 6.18 Å². The van der Waals surface area contributed by atoms with E-state index in [2.05, 4.69) is 0 Å². The fraction of sp³-hybridized carbons (Fsp3) is 0.455. The number of hydrogen-bond donors (Lipinski definition) is 0. The number of halogens is 5. The van der Waals surface area contributed by atoms with Gasteiger partial charge in [0.15, 0.2) is 4.87 Å². The molecule has 1 rings (SSSR count). The van der Waals surface area contributed by atoms with Crippen LogP contribution in [0.15, 0.2) is 12.1 Å². The summed E-state index contributed by atoms with van der Waals surface area (Å²) in [6.45, 7) is 2.50. The summed E-state index contributed by atoms with van der Waals surface area (Å²) in [5.41, 5.74) is 0.370. The quantitative estimate of drug-likeness (QED) is 0.718. The van der Waals surface area contributed by atoms with Gasteiger partial charge in [-0.05, 0) is 31.5 Å². The summed E-state index contributed by atoms with van der Waals surface area (Å²) in [5.74, 6) is 0.424. The average molecular weight is 287 g/mol. The summed E-state index contributed by atoms with van der Waals surface area (Å²) in [7, 11) is 1.42. The Hall–Kier alpha value is -0.610. The summed E-state index contributed by atoms with van der Waals surface area (Å²) in [6, 6.07) is 2.63. The molecule has 0 saturated heterocycles. The lowest BCUT2D eigenvalue weighted by Gasteiger charge is -2.27. The summed E-state index contributed by atoms with van der Waals surface area (Å²) in [4.78, 5) is -2.51. The highest BCUT2D eigenvalue weighted by Crippen LogP contribution is 2.47. The molecule has 0 N–H and O–H groups in total. The molecular formula is C11H11Cl2F3O. The van der Waals surface area contributed by atoms with Crippen LogP contribution in [0.2, 0.25) is 5.02 Å². The fourth-order valence-corrected chi connectivity index (χ4v) is 1.94. The molecule has 1 unspecified atom stereocenters. The van der Waals surface area contributed by atoms with E-state index in [-0.39, 0.29) is 10.6 Å². The number of benzene rings is 1. The number of hydrogen-bond acceptors (Lipinski definition) is 1. The minimum absolute atomic E-state index is 0.0673. The van der Waals surface area contributed by atoms with Gasteiger partial charge in [-0.3, -0.25) is 0 Å². The first-order chi connectivity index (χ1) is 7.61. The average Bonchev–Trinajstić information content (AvgIpc) is 2.18. The first kappa shape index (κ1) is 14.5. The molecule has 0 aliphatic heterocycles. The summed E-state index contributed by atoms with van der Waals surface area (Å²) in [5, 5.41) is -0.0673. The van der Waals surface area contributed by atoms with Crippen LogP contribution in [-0.2, 0) is 4.87 Å². The highest BCUT2D eigenvalue weighted by atomic mass is 35.5. The van der Waals surface area contributed by atoms with E-state index in [1.807, 2.05) is 0 Å². The monoisotopic (exact) mass is 286 g/mol. The van der Waals surface area contributed by atoms with Gasteiger partial charge in [-0.15, -0.1) is 11.6 Å². The molecule has 0 heterocycles. The van der Waals surface area contributed by atoms with Crippen molar-refractivity contribution >= 4 is 23.2 Å². The smallest absolute Gasteiger partial charge is 0.411 e. The van der Waals surface area contributed by atoms with Gasteiger partial charge in [-0.25, -0.2) is 0 Å². The maximum Gasteiger partial charge on any atom is 0.411 e. The van der Waals surface area contributed by atoms with Gasteiger partial charge in [0.25, 0.3) is 0 Å². The molecule has 0 aliphatic rings. The zero-order chi connectivity index (χ0) is 13.4. The van der Waals surface area contributed by atoms with Crippen molar-refractivity contribution in [3.05, 3.63) is 28.3 Å². The molecule has 0 fully saturated rings. The van der Waals surface area contributed by atoms with Crippen molar-refractivity contribution in [2.24, 2.45) is 0 Å². The van der Waals surface area contributed by atoms with Gasteiger partial charge in [0.2, 0.25) is 0 Å². The van der Waals surface area contributed by atoms with E-state index >= 15 is 0 Å². The Balaban J connectivity index is 3.38. The molecule has 96 valence electrons. The van der Waals surface area contributed by atoms with Crippen LogP contribution in [0.1, 0.15) is 18.1 Å². The van der Waals surface area contributed by atoms with Crippen LogP contribution in [0.5, 0.6) is 5.75 Å². The lowest BCUT2D eigenvalue weighted by Crippen LogP contribution is -2.34. The van der Waals surface area contributed by atoms with E-state index < -0.39 is 11.1 Å². The standard InChI is InChI=1S/C11H11Cl2F3O/c1-6-4-7(8(12)5-9(6)17-3)10(2,13)11(14,15)16/h4-5H,1-3H3. The Morgan fingerprint density at radius 1 is 1.24 bits per heavy atom. The molecule has 0 saturated carbocycles. The fourth-order valence-electron chi connectivity index (χ4n) is 1.40. The van der Waals surface area contributed by atoms with Gasteiger partial charge in [0, 0.05) is 10.6 Å². The Kier molecular flexibility index (Phi) is 3.89. The minimum Gasteiger partial charge on any atom is -0.496 e. The van der Waals surface area contributed by atoms with Crippen LogP contribution in [0.3, 0.4) is 0 Å². The third-order valence-electron chi connectivity index (χ3n) is 2.52. The lowest BCUT2D eigenvalue weighted by molar-refractivity contribution is -0.160. The molecule has 0 aromatic heterocycles. The zero-order valence-corrected chi connectivity index (χ0v) is 11.0. The van der Waals surface area contributed by atoms with Crippen molar-refractivity contribution in [3.63, 3.8) is 0 Å². The predicted octanol–water partition coefficient (Wildman–Crippen LogP) is 4.67. The molecule has 0 spiro atoms. The third-order valence-corrected chi connectivity index (χ3v) is 3.25. The maximum absolute atomic E-state index is 12.8. The number of alkyl halides is 4. The Labute approximate surface area is 107 Å². The zero-order valence-electron chi connectivity index (χ0n) is 9.45. The van der Waals surface area contributed by atoms with Crippen LogP contribution in [0.25, 0.3) is 0 Å². The Bertz CT molecular complexity index is 427. The predicted molar refractivity (Wildman–Crippen MR) is 62.0 cm³/mol. The molecule has 1 nitrogen and oxygen atoms in total. The molecule has 1 aromatic rings. The number of rotatable bonds is 2. The third kappa shape index (κ3) is 2.63. The van der Waals surface area contributed by atoms with Gasteiger partial charge in [0.1, 0.15) is 5.75 Å². The largest absolute Gasteiger partial charge is 0.496 e. The second-order valence-electron chi connectivity index (χ2n) is 3.80. The molecule has 0 radical (unpaired) electrons. The van der Waals surface area contributed by atoms with E-state index in [0.29, 0.717) is 11.3 Å². The number of aryl methyl sites for hydroxylation is 1. The van der Waals surface area contributed by atoms with Crippen molar-refractivity contribution in [2.75, 3.05) is 7.11 Å². The van der Waals surface area contributed by atoms with Crippen LogP contribution >= 0.6 is 23.2 Å². The van der Waals surface area contributed by atoms with Gasteiger partial charge in [-0.1, -0.05) is 11.6 Å². The van der Waals surface area contributed by atoms with Gasteiger partial charge < -0.3 is 4.74 Å². The van der Waals surface area contributed by atoms with Crippen LogP contribution in [0.4, 0.5) is 13.2 Å². The molecule has 0 aliphatic carbocycles. The van der Waals surface area contributed by atoms with Crippen molar-refractivity contribution in [2.45, 2.75) is 24.9 Å². The first-order valence-corrected chi connectivity index (χ1v) is 5.47. The van der Waals surface area contributed by atoms with E-state index in [1.165, 1.54) is 19.2 Å². The molecule has 6 heteroatoms. The Morgan fingerprint density at radius 3 is 2.18 bits per heavy atom. The summed E-state index contributed by atoms with van der Waals surface area (Å²) >= 11 is 11.4. The molecule has 0 amide bonds. The van der Waals surface area contributed by atoms with Crippen LogP contribution in [0, 0.1) is 6.92 Å². The normalized spacial score (nSPS) is 15.5. The summed E-state index contributed by atoms with van der Waals surface area (Å²) < 4.78 is 43.3. The molecule has 0 bridgehead atoms. The van der Waals surface area contributed by atoms with E-state index in [1.54, 1.807) is 6.92 Å². The van der Waals surface area contributed by atoms with Gasteiger partial charge in [-0.2, -0.15) is 13.2 Å². The first-order valence-electron chi connectivity index (χ1n) is 4.71. The molecule has 1 atom stereocenters. The molecule has 17 heavy (non-hydrogen) atoms. The minimum atomic E-state index is -4.58. The molecule has 1 aromatic carbocycles. The van der Waals surface area contributed by atoms with Crippen molar-refractivity contribution in [1.29, 1.82) is 0 Å². The SMILES string of the molecule is COc1cc(Cl)c(C(C)(Cl)C(F)(F)F)cc1C. The second kappa shape index (κ2) is 4.58. The Morgan fingerprint density at radius 2 is 1.76 bits per heavy atom. The highest BCUT2D eigenvalue weighted by molar-refractivity contribution is 6.33. The van der Waals surface area contributed by atoms with E-state index in [9.17, 15) is 13.2 Å². The van der Waals surface area contributed by atoms with Crippen molar-refractivity contribution < 1.29 is 17.9 Å². The topological polar surface area (TPSA) is 9.23 Å². The van der Waals surface area contributed by atoms with E-state index in [0.717, 1.165) is 6.92 Å². The van der Waals surface area contributed by atoms with Crippen LogP contribution < -0.4 is 4.74 Å². The highest BCUT2D eigenvalue weighted by Gasteiger charge is 2.52. The van der Waals surface area contributed by atoms with E-state index in [4.69, 9.17) is 27.9 Å². The molecular weight excluding hydrogens is 276 g/mol. The van der Waals surface area contributed by atoms with Crippen molar-refractivity contribution in [3.8, 4) is 5.75 Å². The second-order valence-corrected chi connectivity index (χ2v) is 4.97.